The molecular formula is C12H11F2N3O2S. The maximum absolute atomic E-state index is 13.5. The number of pyridine rings is 1. The van der Waals surface area contributed by atoms with Gasteiger partial charge in [-0.25, -0.2) is 22.2 Å². The van der Waals surface area contributed by atoms with Crippen molar-refractivity contribution >= 4 is 21.5 Å². The number of hydrogen-bond acceptors (Lipinski definition) is 4. The zero-order valence-electron chi connectivity index (χ0n) is 10.4. The smallest absolute Gasteiger partial charge is 0.262 e. The topological polar surface area (TPSA) is 71.1 Å². The fourth-order valence-electron chi connectivity index (χ4n) is 1.49. The van der Waals surface area contributed by atoms with Gasteiger partial charge in [0.25, 0.3) is 10.0 Å². The molecule has 0 saturated carbocycles. The van der Waals surface area contributed by atoms with Gasteiger partial charge in [-0.2, -0.15) is 0 Å². The lowest BCUT2D eigenvalue weighted by Crippen LogP contribution is -2.14. The molecule has 1 aromatic carbocycles. The molecule has 2 N–H and O–H groups in total. The molecule has 20 heavy (non-hydrogen) atoms. The predicted molar refractivity (Wildman–Crippen MR) is 71.0 cm³/mol. The zero-order chi connectivity index (χ0) is 14.8. The van der Waals surface area contributed by atoms with Gasteiger partial charge in [0.15, 0.2) is 0 Å². The molecule has 0 unspecified atom stereocenters. The lowest BCUT2D eigenvalue weighted by atomic mass is 10.3. The quantitative estimate of drug-likeness (QED) is 0.908. The minimum Gasteiger partial charge on any atom is -0.373 e. The average molecular weight is 299 g/mol. The van der Waals surface area contributed by atoms with Gasteiger partial charge in [0.05, 0.1) is 10.6 Å². The van der Waals surface area contributed by atoms with Gasteiger partial charge < -0.3 is 5.32 Å². The first kappa shape index (κ1) is 14.2. The lowest BCUT2D eigenvalue weighted by molar-refractivity contribution is 0.583. The van der Waals surface area contributed by atoms with Crippen molar-refractivity contribution in [2.45, 2.75) is 4.90 Å². The van der Waals surface area contributed by atoms with Crippen molar-refractivity contribution < 1.29 is 17.2 Å². The number of anilines is 2. The third-order valence-electron chi connectivity index (χ3n) is 2.47. The van der Waals surface area contributed by atoms with E-state index in [1.54, 1.807) is 7.05 Å². The van der Waals surface area contributed by atoms with E-state index < -0.39 is 21.7 Å². The normalized spacial score (nSPS) is 11.2. The SMILES string of the molecule is CNc1cc(S(=O)(=O)Nc2ccc(F)cc2F)ccn1. The highest BCUT2D eigenvalue weighted by atomic mass is 32.2. The molecular weight excluding hydrogens is 288 g/mol. The molecule has 0 amide bonds. The van der Waals surface area contributed by atoms with Gasteiger partial charge in [-0.05, 0) is 18.2 Å². The summed E-state index contributed by atoms with van der Waals surface area (Å²) in [7, 11) is -2.38. The lowest BCUT2D eigenvalue weighted by Gasteiger charge is -2.09. The molecule has 0 aliphatic carbocycles. The highest BCUT2D eigenvalue weighted by Crippen LogP contribution is 2.20. The Morgan fingerprint density at radius 1 is 1.15 bits per heavy atom. The molecule has 0 fully saturated rings. The maximum atomic E-state index is 13.5. The Morgan fingerprint density at radius 2 is 1.90 bits per heavy atom. The number of nitrogens with one attached hydrogen (secondary N) is 2. The molecule has 106 valence electrons. The summed E-state index contributed by atoms with van der Waals surface area (Å²) in [5.74, 6) is -1.42. The number of aromatic nitrogens is 1. The van der Waals surface area contributed by atoms with Crippen LogP contribution in [0.15, 0.2) is 41.4 Å². The van der Waals surface area contributed by atoms with Crippen molar-refractivity contribution in [1.29, 1.82) is 0 Å². The average Bonchev–Trinajstić information content (AvgIpc) is 2.42. The van der Waals surface area contributed by atoms with Gasteiger partial charge in [0.2, 0.25) is 0 Å². The van der Waals surface area contributed by atoms with Gasteiger partial charge in [0, 0.05) is 25.4 Å². The highest BCUT2D eigenvalue weighted by Gasteiger charge is 2.17. The Kier molecular flexibility index (Phi) is 3.84. The van der Waals surface area contributed by atoms with E-state index in [1.807, 2.05) is 0 Å². The van der Waals surface area contributed by atoms with Crippen molar-refractivity contribution in [2.75, 3.05) is 17.1 Å². The van der Waals surface area contributed by atoms with Crippen molar-refractivity contribution in [2.24, 2.45) is 0 Å². The molecule has 0 saturated heterocycles. The summed E-state index contributed by atoms with van der Waals surface area (Å²) in [6.07, 6.45) is 1.31. The molecule has 1 heterocycles. The van der Waals surface area contributed by atoms with Crippen LogP contribution in [-0.4, -0.2) is 20.4 Å². The second-order valence-electron chi connectivity index (χ2n) is 3.86. The van der Waals surface area contributed by atoms with E-state index in [4.69, 9.17) is 0 Å². The molecule has 0 atom stereocenters. The Bertz CT molecular complexity index is 735. The van der Waals surface area contributed by atoms with Gasteiger partial charge >= 0.3 is 0 Å². The summed E-state index contributed by atoms with van der Waals surface area (Å²) < 4.78 is 52.4. The number of halogens is 2. The molecule has 1 aromatic heterocycles. The van der Waals surface area contributed by atoms with Crippen LogP contribution in [-0.2, 0) is 10.0 Å². The molecule has 8 heteroatoms. The van der Waals surface area contributed by atoms with Crippen molar-refractivity contribution in [3.63, 3.8) is 0 Å². The first-order valence-electron chi connectivity index (χ1n) is 5.54. The van der Waals surface area contributed by atoms with E-state index in [1.165, 1.54) is 18.3 Å². The second-order valence-corrected chi connectivity index (χ2v) is 5.54. The van der Waals surface area contributed by atoms with Crippen LogP contribution in [0.4, 0.5) is 20.3 Å². The van der Waals surface area contributed by atoms with Crippen LogP contribution in [0.5, 0.6) is 0 Å². The van der Waals surface area contributed by atoms with Crippen LogP contribution in [0.2, 0.25) is 0 Å². The van der Waals surface area contributed by atoms with E-state index >= 15 is 0 Å². The second kappa shape index (κ2) is 5.41. The fraction of sp³-hybridized carbons (Fsp3) is 0.0833. The number of rotatable bonds is 4. The summed E-state index contributed by atoms with van der Waals surface area (Å²) >= 11 is 0. The summed E-state index contributed by atoms with van der Waals surface area (Å²) in [6.45, 7) is 0. The number of hydrogen-bond donors (Lipinski definition) is 2. The summed E-state index contributed by atoms with van der Waals surface area (Å²) in [5.41, 5.74) is -0.325. The number of benzene rings is 1. The van der Waals surface area contributed by atoms with Gasteiger partial charge in [0.1, 0.15) is 17.5 Å². The van der Waals surface area contributed by atoms with Gasteiger partial charge in [-0.15, -0.1) is 0 Å². The highest BCUT2D eigenvalue weighted by molar-refractivity contribution is 7.92. The molecule has 2 rings (SSSR count). The monoisotopic (exact) mass is 299 g/mol. The zero-order valence-corrected chi connectivity index (χ0v) is 11.2. The molecule has 2 aromatic rings. The van der Waals surface area contributed by atoms with Crippen molar-refractivity contribution in [3.05, 3.63) is 48.2 Å². The van der Waals surface area contributed by atoms with Crippen LogP contribution in [0, 0.1) is 11.6 Å². The van der Waals surface area contributed by atoms with Crippen LogP contribution >= 0.6 is 0 Å². The predicted octanol–water partition coefficient (Wildman–Crippen LogP) is 2.20. The van der Waals surface area contributed by atoms with E-state index in [2.05, 4.69) is 15.0 Å². The molecule has 0 bridgehead atoms. The molecule has 0 aliphatic heterocycles. The van der Waals surface area contributed by atoms with Crippen LogP contribution in [0.1, 0.15) is 0 Å². The fourth-order valence-corrected chi connectivity index (χ4v) is 2.57. The summed E-state index contributed by atoms with van der Waals surface area (Å²) in [4.78, 5) is 3.80. The molecule has 5 nitrogen and oxygen atoms in total. The third-order valence-corrected chi connectivity index (χ3v) is 3.84. The van der Waals surface area contributed by atoms with Crippen molar-refractivity contribution in [1.82, 2.24) is 4.98 Å². The van der Waals surface area contributed by atoms with E-state index in [0.29, 0.717) is 11.9 Å². The Balaban J connectivity index is 2.35. The van der Waals surface area contributed by atoms with Crippen LogP contribution < -0.4 is 10.0 Å². The Labute approximate surface area is 114 Å². The molecule has 0 aliphatic rings. The van der Waals surface area contributed by atoms with Gasteiger partial charge in [-0.1, -0.05) is 0 Å². The van der Waals surface area contributed by atoms with Crippen LogP contribution in [0.25, 0.3) is 0 Å². The first-order valence-corrected chi connectivity index (χ1v) is 7.02. The Morgan fingerprint density at radius 3 is 2.55 bits per heavy atom. The van der Waals surface area contributed by atoms with E-state index in [-0.39, 0.29) is 10.6 Å². The van der Waals surface area contributed by atoms with Crippen molar-refractivity contribution in [3.8, 4) is 0 Å². The standard InChI is InChI=1S/C12H11F2N3O2S/c1-15-12-7-9(4-5-16-12)20(18,19)17-11-3-2-8(13)6-10(11)14/h2-7,17H,1H3,(H,15,16). The first-order chi connectivity index (χ1) is 9.42. The van der Waals surface area contributed by atoms with E-state index in [0.717, 1.165) is 12.1 Å². The minimum atomic E-state index is -3.97. The van der Waals surface area contributed by atoms with Gasteiger partial charge in [-0.3, -0.25) is 4.72 Å². The number of sulfonamides is 1. The summed E-state index contributed by atoms with van der Waals surface area (Å²) in [5, 5.41) is 2.70. The molecule has 0 spiro atoms. The molecule has 0 radical (unpaired) electrons. The Hall–Kier alpha value is -2.22. The third kappa shape index (κ3) is 3.02. The number of nitrogens with zero attached hydrogens (tertiary/aromatic N) is 1. The van der Waals surface area contributed by atoms with Crippen LogP contribution in [0.3, 0.4) is 0 Å². The minimum absolute atomic E-state index is 0.0828. The largest absolute Gasteiger partial charge is 0.373 e. The summed E-state index contributed by atoms with van der Waals surface area (Å²) in [6, 6.07) is 5.15. The maximum Gasteiger partial charge on any atom is 0.262 e. The van der Waals surface area contributed by atoms with E-state index in [9.17, 15) is 17.2 Å².